The van der Waals surface area contributed by atoms with Crippen LogP contribution in [0.4, 0.5) is 14.9 Å². The summed E-state index contributed by atoms with van der Waals surface area (Å²) in [6.07, 6.45) is 0.970. The van der Waals surface area contributed by atoms with Crippen molar-refractivity contribution < 1.29 is 50.8 Å². The molecule has 2 amide bonds. The first-order chi connectivity index (χ1) is 21.4. The minimum atomic E-state index is -4.51. The van der Waals surface area contributed by atoms with Gasteiger partial charge >= 0.3 is 16.3 Å². The molecule has 15 heteroatoms. The second kappa shape index (κ2) is 14.9. The van der Waals surface area contributed by atoms with Crippen molar-refractivity contribution in [3.63, 3.8) is 0 Å². The molecule has 1 atom stereocenters. The highest BCUT2D eigenvalue weighted by Gasteiger charge is 2.45. The molecule has 1 unspecified atom stereocenters. The van der Waals surface area contributed by atoms with Gasteiger partial charge in [0.1, 0.15) is 24.6 Å². The lowest BCUT2D eigenvalue weighted by Crippen LogP contribution is -2.36. The Morgan fingerprint density at radius 1 is 1.04 bits per heavy atom. The lowest BCUT2D eigenvalue weighted by atomic mass is 9.96. The number of carbonyl (C=O) groups is 2. The SMILES string of the molecule is COCCOCOc1cc2ccc(CC3CCN(C(=O)OC(C)(C)C)C3)cc2c(F)c1N1CC(=O)N(COCCOC)S1(=O)=O. The van der Waals surface area contributed by atoms with Gasteiger partial charge in [0, 0.05) is 32.7 Å². The zero-order valence-electron chi connectivity index (χ0n) is 26.4. The summed E-state index contributed by atoms with van der Waals surface area (Å²) < 4.78 is 76.5. The maximum atomic E-state index is 16.5. The predicted molar refractivity (Wildman–Crippen MR) is 163 cm³/mol. The smallest absolute Gasteiger partial charge is 0.410 e. The van der Waals surface area contributed by atoms with Crippen molar-refractivity contribution in [3.8, 4) is 5.75 Å². The van der Waals surface area contributed by atoms with Crippen LogP contribution in [0.2, 0.25) is 0 Å². The van der Waals surface area contributed by atoms with E-state index in [1.807, 2.05) is 26.8 Å². The summed E-state index contributed by atoms with van der Waals surface area (Å²) >= 11 is 0. The molecule has 0 bridgehead atoms. The molecule has 2 fully saturated rings. The zero-order chi connectivity index (χ0) is 32.8. The molecule has 2 aromatic rings. The molecule has 13 nitrogen and oxygen atoms in total. The summed E-state index contributed by atoms with van der Waals surface area (Å²) in [6.45, 7) is 5.80. The van der Waals surface area contributed by atoms with Crippen molar-refractivity contribution in [2.75, 3.05) is 78.1 Å². The van der Waals surface area contributed by atoms with E-state index in [1.54, 1.807) is 17.0 Å². The fourth-order valence-electron chi connectivity index (χ4n) is 5.12. The highest BCUT2D eigenvalue weighted by molar-refractivity contribution is 7.91. The molecule has 0 aromatic heterocycles. The highest BCUT2D eigenvalue weighted by atomic mass is 32.2. The molecule has 0 aliphatic carbocycles. The zero-order valence-corrected chi connectivity index (χ0v) is 27.2. The first-order valence-corrected chi connectivity index (χ1v) is 16.1. The Labute approximate surface area is 263 Å². The number of rotatable bonds is 14. The Morgan fingerprint density at radius 3 is 2.44 bits per heavy atom. The van der Waals surface area contributed by atoms with E-state index in [1.165, 1.54) is 20.3 Å². The third kappa shape index (κ3) is 8.52. The normalized spacial score (nSPS) is 18.3. The predicted octanol–water partition coefficient (Wildman–Crippen LogP) is 3.29. The summed E-state index contributed by atoms with van der Waals surface area (Å²) in [5.41, 5.74) is -0.184. The molecule has 2 saturated heterocycles. The summed E-state index contributed by atoms with van der Waals surface area (Å²) in [4.78, 5) is 27.0. The quantitative estimate of drug-likeness (QED) is 0.221. The van der Waals surface area contributed by atoms with E-state index in [0.29, 0.717) is 40.1 Å². The number of ether oxygens (including phenoxy) is 6. The molecular formula is C30H42FN3O10S. The number of methoxy groups -OCH3 is 2. The topological polar surface area (TPSA) is 133 Å². The molecule has 4 rings (SSSR count). The Kier molecular flexibility index (Phi) is 11.5. The van der Waals surface area contributed by atoms with E-state index < -0.39 is 46.5 Å². The summed E-state index contributed by atoms with van der Waals surface area (Å²) in [7, 11) is -1.53. The van der Waals surface area contributed by atoms with Crippen molar-refractivity contribution in [1.29, 1.82) is 0 Å². The Morgan fingerprint density at radius 2 is 1.76 bits per heavy atom. The van der Waals surface area contributed by atoms with Gasteiger partial charge in [-0.1, -0.05) is 12.1 Å². The van der Waals surface area contributed by atoms with Gasteiger partial charge in [0.15, 0.2) is 18.4 Å². The fourth-order valence-corrected chi connectivity index (χ4v) is 6.55. The summed E-state index contributed by atoms with van der Waals surface area (Å²) in [5.74, 6) is -1.61. The first kappa shape index (κ1) is 34.6. The lowest BCUT2D eigenvalue weighted by Gasteiger charge is -2.24. The summed E-state index contributed by atoms with van der Waals surface area (Å²) in [5, 5.41) is 0.631. The van der Waals surface area contributed by atoms with Crippen LogP contribution in [0.25, 0.3) is 10.8 Å². The number of halogens is 1. The number of fused-ring (bicyclic) bond motifs is 1. The van der Waals surface area contributed by atoms with E-state index in [2.05, 4.69) is 0 Å². The molecule has 45 heavy (non-hydrogen) atoms. The van der Waals surface area contributed by atoms with Crippen LogP contribution in [0.5, 0.6) is 5.75 Å². The van der Waals surface area contributed by atoms with E-state index in [-0.39, 0.29) is 49.8 Å². The maximum Gasteiger partial charge on any atom is 0.410 e. The van der Waals surface area contributed by atoms with Gasteiger partial charge in [0.25, 0.3) is 5.91 Å². The van der Waals surface area contributed by atoms with Crippen LogP contribution < -0.4 is 9.04 Å². The van der Waals surface area contributed by atoms with Gasteiger partial charge in [0.05, 0.1) is 26.4 Å². The van der Waals surface area contributed by atoms with Crippen molar-refractivity contribution in [2.45, 2.75) is 39.2 Å². The van der Waals surface area contributed by atoms with Crippen molar-refractivity contribution >= 4 is 38.7 Å². The van der Waals surface area contributed by atoms with Gasteiger partial charge in [0.2, 0.25) is 0 Å². The van der Waals surface area contributed by atoms with E-state index in [4.69, 9.17) is 28.4 Å². The summed E-state index contributed by atoms with van der Waals surface area (Å²) in [6, 6.07) is 6.79. The van der Waals surface area contributed by atoms with Crippen LogP contribution in [-0.2, 0) is 45.1 Å². The monoisotopic (exact) mass is 655 g/mol. The molecule has 0 radical (unpaired) electrons. The molecule has 0 spiro atoms. The molecule has 250 valence electrons. The molecule has 0 N–H and O–H groups in total. The molecule has 2 heterocycles. The fraction of sp³-hybridized carbons (Fsp3) is 0.600. The van der Waals surface area contributed by atoms with Gasteiger partial charge in [-0.25, -0.2) is 13.5 Å². The number of benzene rings is 2. The number of hydrogen-bond donors (Lipinski definition) is 0. The van der Waals surface area contributed by atoms with Gasteiger partial charge in [-0.2, -0.15) is 12.7 Å². The number of amides is 2. The van der Waals surface area contributed by atoms with Gasteiger partial charge < -0.3 is 33.3 Å². The molecule has 2 aliphatic heterocycles. The van der Waals surface area contributed by atoms with Crippen LogP contribution in [0.3, 0.4) is 0 Å². The second-order valence-electron chi connectivity index (χ2n) is 11.8. The van der Waals surface area contributed by atoms with Gasteiger partial charge in [-0.05, 0) is 62.6 Å². The largest absolute Gasteiger partial charge is 0.465 e. The Bertz CT molecular complexity index is 1470. The first-order valence-electron chi connectivity index (χ1n) is 14.7. The minimum absolute atomic E-state index is 0.0621. The van der Waals surface area contributed by atoms with Crippen molar-refractivity contribution in [2.24, 2.45) is 5.92 Å². The third-order valence-corrected chi connectivity index (χ3v) is 9.01. The number of carbonyl (C=O) groups excluding carboxylic acids is 2. The third-order valence-electron chi connectivity index (χ3n) is 7.28. The second-order valence-corrected chi connectivity index (χ2v) is 13.6. The average molecular weight is 656 g/mol. The number of anilines is 1. The van der Waals surface area contributed by atoms with Crippen LogP contribution in [0.15, 0.2) is 24.3 Å². The maximum absolute atomic E-state index is 16.5. The minimum Gasteiger partial charge on any atom is -0.465 e. The number of hydrogen-bond acceptors (Lipinski definition) is 10. The van der Waals surface area contributed by atoms with Crippen molar-refractivity contribution in [1.82, 2.24) is 9.21 Å². The molecule has 2 aromatic carbocycles. The van der Waals surface area contributed by atoms with E-state index >= 15 is 4.39 Å². The van der Waals surface area contributed by atoms with Gasteiger partial charge in [-0.15, -0.1) is 0 Å². The Balaban J connectivity index is 1.62. The standard InChI is InChI=1S/C30H42FN3O10S/c1-30(2,3)44-29(36)32-9-8-22(17-32)14-21-6-7-23-16-25(43-20-42-13-11-40-5)28(27(31)24(23)15-21)33-18-26(35)34(45(33,37)38)19-41-12-10-39-4/h6-7,15-16,22H,8-14,17-20H2,1-5H3. The molecule has 0 saturated carbocycles. The molecule has 2 aliphatic rings. The van der Waals surface area contributed by atoms with Crippen LogP contribution >= 0.6 is 0 Å². The number of nitrogens with zero attached hydrogens (tertiary/aromatic N) is 3. The van der Waals surface area contributed by atoms with E-state index in [0.717, 1.165) is 12.0 Å². The number of likely N-dealkylation sites (tertiary alicyclic amines) is 1. The average Bonchev–Trinajstić information content (AvgIpc) is 3.52. The van der Waals surface area contributed by atoms with Crippen LogP contribution in [0, 0.1) is 11.7 Å². The van der Waals surface area contributed by atoms with Crippen LogP contribution in [0.1, 0.15) is 32.8 Å². The van der Waals surface area contributed by atoms with Crippen LogP contribution in [-0.4, -0.2) is 109 Å². The lowest BCUT2D eigenvalue weighted by molar-refractivity contribution is -0.127. The Hall–Kier alpha value is -3.24. The highest BCUT2D eigenvalue weighted by Crippen LogP contribution is 2.41. The van der Waals surface area contributed by atoms with E-state index in [9.17, 15) is 18.0 Å². The molecular weight excluding hydrogens is 613 g/mol. The van der Waals surface area contributed by atoms with Crippen molar-refractivity contribution in [3.05, 3.63) is 35.6 Å². The van der Waals surface area contributed by atoms with Gasteiger partial charge in [-0.3, -0.25) is 4.79 Å².